The van der Waals surface area contributed by atoms with Crippen LogP contribution in [0.4, 0.5) is 0 Å². The van der Waals surface area contributed by atoms with E-state index in [0.29, 0.717) is 16.6 Å². The summed E-state index contributed by atoms with van der Waals surface area (Å²) in [6.07, 6.45) is 2.41. The second-order valence-electron chi connectivity index (χ2n) is 6.24. The molecule has 0 amide bonds. The zero-order valence-electron chi connectivity index (χ0n) is 15.1. The first-order chi connectivity index (χ1) is 13.5. The molecule has 4 rings (SSSR count). The fourth-order valence-corrected chi connectivity index (χ4v) is 5.06. The lowest BCUT2D eigenvalue weighted by Gasteiger charge is -2.16. The smallest absolute Gasteiger partial charge is 0.269 e. The van der Waals surface area contributed by atoms with Crippen molar-refractivity contribution < 1.29 is 13.5 Å². The van der Waals surface area contributed by atoms with Crippen LogP contribution < -0.4 is 0 Å². The van der Waals surface area contributed by atoms with Crippen molar-refractivity contribution in [2.75, 3.05) is 6.26 Å². The number of pyridine rings is 1. The third-order valence-electron chi connectivity index (χ3n) is 4.54. The second kappa shape index (κ2) is 7.43. The molecule has 1 N–H and O–H groups in total. The predicted molar refractivity (Wildman–Crippen MR) is 111 cm³/mol. The van der Waals surface area contributed by atoms with Crippen molar-refractivity contribution in [2.24, 2.45) is 0 Å². The number of aliphatic hydroxyl groups is 1. The van der Waals surface area contributed by atoms with E-state index in [1.54, 1.807) is 66.5 Å². The first-order valence-corrected chi connectivity index (χ1v) is 11.3. The summed E-state index contributed by atoms with van der Waals surface area (Å²) in [5, 5.41) is 11.7. The largest absolute Gasteiger partial charge is 0.382 e. The molecular weight excluding hydrogens is 392 g/mol. The monoisotopic (exact) mass is 410 g/mol. The molecular formula is C21H18N2O3S2. The Bertz CT molecular complexity index is 1220. The number of thioether (sulfide) groups is 1. The Labute approximate surface area is 167 Å². The Kier molecular flexibility index (Phi) is 4.97. The number of aromatic nitrogens is 2. The van der Waals surface area contributed by atoms with E-state index in [4.69, 9.17) is 0 Å². The highest BCUT2D eigenvalue weighted by Crippen LogP contribution is 2.31. The van der Waals surface area contributed by atoms with E-state index in [0.717, 1.165) is 8.87 Å². The molecule has 0 unspecified atom stereocenters. The number of nitrogens with zero attached hydrogens (tertiary/aromatic N) is 2. The predicted octanol–water partition coefficient (Wildman–Crippen LogP) is 4.08. The molecule has 142 valence electrons. The summed E-state index contributed by atoms with van der Waals surface area (Å²) in [6.45, 7) is 0. The Morgan fingerprint density at radius 1 is 1.00 bits per heavy atom. The van der Waals surface area contributed by atoms with Crippen LogP contribution in [0.1, 0.15) is 17.4 Å². The maximum absolute atomic E-state index is 13.4. The van der Waals surface area contributed by atoms with E-state index in [-0.39, 0.29) is 10.6 Å². The Balaban J connectivity index is 1.93. The average Bonchev–Trinajstić information content (AvgIpc) is 3.14. The van der Waals surface area contributed by atoms with Gasteiger partial charge in [-0.25, -0.2) is 17.4 Å². The second-order valence-corrected chi connectivity index (χ2v) is 8.91. The van der Waals surface area contributed by atoms with Crippen molar-refractivity contribution in [1.82, 2.24) is 8.96 Å². The van der Waals surface area contributed by atoms with Crippen molar-refractivity contribution in [3.63, 3.8) is 0 Å². The molecule has 4 aromatic rings. The summed E-state index contributed by atoms with van der Waals surface area (Å²) >= 11 is 1.60. The van der Waals surface area contributed by atoms with Crippen molar-refractivity contribution in [3.05, 3.63) is 90.3 Å². The fourth-order valence-electron chi connectivity index (χ4n) is 3.13. The van der Waals surface area contributed by atoms with Gasteiger partial charge in [0.2, 0.25) is 0 Å². The van der Waals surface area contributed by atoms with Gasteiger partial charge >= 0.3 is 0 Å². The highest BCUT2D eigenvalue weighted by atomic mass is 32.2. The van der Waals surface area contributed by atoms with Crippen LogP contribution in [-0.2, 0) is 10.0 Å². The number of benzene rings is 2. The summed E-state index contributed by atoms with van der Waals surface area (Å²) in [6, 6.07) is 20.8. The fraction of sp³-hybridized carbons (Fsp3) is 0.0952. The third kappa shape index (κ3) is 3.22. The lowest BCUT2D eigenvalue weighted by atomic mass is 10.1. The molecule has 28 heavy (non-hydrogen) atoms. The minimum Gasteiger partial charge on any atom is -0.382 e. The molecule has 2 heterocycles. The van der Waals surface area contributed by atoms with E-state index < -0.39 is 16.1 Å². The highest BCUT2D eigenvalue weighted by molar-refractivity contribution is 7.98. The standard InChI is InChI=1S/C21H18N2O3S2/c1-27-17-11-9-15(10-12-17)20(24)19-14-16-6-5-13-22-21(16)23(19)28(25,26)18-7-3-2-4-8-18/h2-14,20,24H,1H3/t20-/m0/s1. The molecule has 7 heteroatoms. The maximum Gasteiger partial charge on any atom is 0.269 e. The number of fused-ring (bicyclic) bond motifs is 1. The molecule has 0 fully saturated rings. The number of hydrogen-bond donors (Lipinski definition) is 1. The van der Waals surface area contributed by atoms with Gasteiger partial charge in [0.25, 0.3) is 10.0 Å². The molecule has 0 saturated heterocycles. The van der Waals surface area contributed by atoms with Crippen molar-refractivity contribution >= 4 is 32.8 Å². The van der Waals surface area contributed by atoms with Crippen LogP contribution in [0.15, 0.2) is 88.8 Å². The van der Waals surface area contributed by atoms with Gasteiger partial charge in [-0.15, -0.1) is 11.8 Å². The molecule has 2 aromatic carbocycles. The van der Waals surface area contributed by atoms with Gasteiger partial charge in [-0.05, 0) is 54.3 Å². The van der Waals surface area contributed by atoms with Gasteiger partial charge in [0.1, 0.15) is 6.10 Å². The lowest BCUT2D eigenvalue weighted by molar-refractivity contribution is 0.214. The van der Waals surface area contributed by atoms with Crippen LogP contribution in [0, 0.1) is 0 Å². The van der Waals surface area contributed by atoms with Crippen LogP contribution in [0.25, 0.3) is 11.0 Å². The molecule has 0 aliphatic rings. The first-order valence-electron chi connectivity index (χ1n) is 8.61. The van der Waals surface area contributed by atoms with E-state index >= 15 is 0 Å². The van der Waals surface area contributed by atoms with E-state index in [1.165, 1.54) is 12.1 Å². The zero-order chi connectivity index (χ0) is 19.7. The van der Waals surface area contributed by atoms with Gasteiger partial charge in [-0.1, -0.05) is 30.3 Å². The number of aliphatic hydroxyl groups excluding tert-OH is 1. The summed E-state index contributed by atoms with van der Waals surface area (Å²) < 4.78 is 27.9. The zero-order valence-corrected chi connectivity index (χ0v) is 16.7. The number of rotatable bonds is 5. The van der Waals surface area contributed by atoms with Crippen LogP contribution in [0.5, 0.6) is 0 Å². The molecule has 0 aliphatic carbocycles. The summed E-state index contributed by atoms with van der Waals surface area (Å²) in [4.78, 5) is 5.47. The van der Waals surface area contributed by atoms with Gasteiger partial charge in [-0.2, -0.15) is 0 Å². The molecule has 0 aliphatic heterocycles. The summed E-state index contributed by atoms with van der Waals surface area (Å²) in [5.41, 5.74) is 1.17. The third-order valence-corrected chi connectivity index (χ3v) is 7.02. The van der Waals surface area contributed by atoms with Crippen LogP contribution in [0.2, 0.25) is 0 Å². The molecule has 0 saturated carbocycles. The summed E-state index contributed by atoms with van der Waals surface area (Å²) in [5.74, 6) is 0. The molecule has 5 nitrogen and oxygen atoms in total. The average molecular weight is 411 g/mol. The van der Waals surface area contributed by atoms with E-state index in [9.17, 15) is 13.5 Å². The van der Waals surface area contributed by atoms with Gasteiger partial charge in [-0.3, -0.25) is 0 Å². The van der Waals surface area contributed by atoms with Gasteiger partial charge in [0.15, 0.2) is 5.65 Å². The Morgan fingerprint density at radius 2 is 1.71 bits per heavy atom. The minimum absolute atomic E-state index is 0.143. The van der Waals surface area contributed by atoms with Crippen LogP contribution in [0.3, 0.4) is 0 Å². The highest BCUT2D eigenvalue weighted by Gasteiger charge is 2.27. The van der Waals surface area contributed by atoms with Crippen molar-refractivity contribution in [2.45, 2.75) is 15.9 Å². The first kappa shape index (κ1) is 18.7. The van der Waals surface area contributed by atoms with Crippen molar-refractivity contribution in [3.8, 4) is 0 Å². The summed E-state index contributed by atoms with van der Waals surface area (Å²) in [7, 11) is -3.93. The Hall–Kier alpha value is -2.61. The van der Waals surface area contributed by atoms with Gasteiger partial charge in [0.05, 0.1) is 10.6 Å². The molecule has 0 bridgehead atoms. The molecule has 2 aromatic heterocycles. The SMILES string of the molecule is CSc1ccc([C@H](O)c2cc3cccnc3n2S(=O)(=O)c2ccccc2)cc1. The van der Waals surface area contributed by atoms with Gasteiger partial charge in [0, 0.05) is 16.5 Å². The maximum atomic E-state index is 13.4. The van der Waals surface area contributed by atoms with Crippen LogP contribution >= 0.6 is 11.8 Å². The lowest BCUT2D eigenvalue weighted by Crippen LogP contribution is -2.18. The molecule has 0 spiro atoms. The Morgan fingerprint density at radius 3 is 2.39 bits per heavy atom. The quantitative estimate of drug-likeness (QED) is 0.502. The molecule has 1 atom stereocenters. The topological polar surface area (TPSA) is 72.2 Å². The molecule has 0 radical (unpaired) electrons. The number of hydrogen-bond acceptors (Lipinski definition) is 5. The van der Waals surface area contributed by atoms with E-state index in [1.807, 2.05) is 18.4 Å². The minimum atomic E-state index is -3.93. The van der Waals surface area contributed by atoms with Crippen LogP contribution in [-0.4, -0.2) is 28.7 Å². The van der Waals surface area contributed by atoms with E-state index in [2.05, 4.69) is 4.98 Å². The normalized spacial score (nSPS) is 12.9. The van der Waals surface area contributed by atoms with Crippen molar-refractivity contribution in [1.29, 1.82) is 0 Å². The van der Waals surface area contributed by atoms with Gasteiger partial charge < -0.3 is 5.11 Å².